The van der Waals surface area contributed by atoms with Crippen LogP contribution >= 0.6 is 0 Å². The summed E-state index contributed by atoms with van der Waals surface area (Å²) < 4.78 is 4.62. The quantitative estimate of drug-likeness (QED) is 0.198. The Bertz CT molecular complexity index is 122. The second kappa shape index (κ2) is 2.79. The highest BCUT2D eigenvalue weighted by molar-refractivity contribution is 4.86. The molecular weight excluding hydrogens is 138 g/mol. The number of ether oxygens (including phenoxy) is 1. The normalized spacial score (nSPS) is 48.0. The van der Waals surface area contributed by atoms with Crippen molar-refractivity contribution in [3.63, 3.8) is 0 Å². The van der Waals surface area contributed by atoms with Crippen LogP contribution in [0.15, 0.2) is 0 Å². The minimum Gasteiger partial charge on any atom is -0.387 e. The Morgan fingerprint density at radius 1 is 1.40 bits per heavy atom. The zero-order valence-corrected chi connectivity index (χ0v) is 5.27. The van der Waals surface area contributed by atoms with E-state index in [1.807, 2.05) is 0 Å². The van der Waals surface area contributed by atoms with Crippen molar-refractivity contribution in [3.8, 4) is 0 Å². The highest BCUT2D eigenvalue weighted by Crippen LogP contribution is 2.14. The van der Waals surface area contributed by atoms with Crippen LogP contribution in [-0.4, -0.2) is 34.9 Å². The summed E-state index contributed by atoms with van der Waals surface area (Å²) in [4.78, 5) is 0. The fraction of sp³-hybridized carbons (Fsp3) is 1.00. The van der Waals surface area contributed by atoms with Gasteiger partial charge in [0.05, 0.1) is 0 Å². The Balaban J connectivity index is 2.55. The molecule has 1 rings (SSSR count). The zero-order chi connectivity index (χ0) is 7.72. The summed E-state index contributed by atoms with van der Waals surface area (Å²) in [7, 11) is 0. The van der Waals surface area contributed by atoms with Gasteiger partial charge in [-0.2, -0.15) is 0 Å². The molecule has 10 heavy (non-hydrogen) atoms. The lowest BCUT2D eigenvalue weighted by molar-refractivity contribution is -0.0996. The number of hydrogen-bond acceptors (Lipinski definition) is 6. The largest absolute Gasteiger partial charge is 0.387 e. The minimum absolute atomic E-state index is 0.699. The first-order valence-corrected chi connectivity index (χ1v) is 2.90. The van der Waals surface area contributed by atoms with Crippen molar-refractivity contribution < 1.29 is 14.9 Å². The monoisotopic (exact) mass is 149 g/mol. The maximum absolute atomic E-state index is 9.08. The molecule has 7 N–H and O–H groups in total. The SMILES string of the molecule is NNC1C(O)OC(N)C1O. The van der Waals surface area contributed by atoms with Gasteiger partial charge in [0.15, 0.2) is 6.29 Å². The van der Waals surface area contributed by atoms with Crippen LogP contribution in [0.2, 0.25) is 0 Å². The molecular formula is C4H11N3O3. The van der Waals surface area contributed by atoms with Crippen LogP contribution in [0.25, 0.3) is 0 Å². The van der Waals surface area contributed by atoms with Gasteiger partial charge in [0.2, 0.25) is 0 Å². The third-order valence-electron chi connectivity index (χ3n) is 1.50. The van der Waals surface area contributed by atoms with Gasteiger partial charge in [-0.3, -0.25) is 5.84 Å². The molecule has 0 bridgehead atoms. The first kappa shape index (κ1) is 7.86. The number of aliphatic hydroxyl groups excluding tert-OH is 2. The molecule has 60 valence electrons. The smallest absolute Gasteiger partial charge is 0.176 e. The predicted octanol–water partition coefficient (Wildman–Crippen LogP) is -3.19. The van der Waals surface area contributed by atoms with E-state index < -0.39 is 24.7 Å². The predicted molar refractivity (Wildman–Crippen MR) is 32.2 cm³/mol. The average molecular weight is 149 g/mol. The Hall–Kier alpha value is -0.240. The topological polar surface area (TPSA) is 114 Å². The molecule has 1 saturated heterocycles. The van der Waals surface area contributed by atoms with E-state index in [0.29, 0.717) is 0 Å². The fourth-order valence-corrected chi connectivity index (χ4v) is 0.880. The molecule has 1 aliphatic rings. The maximum Gasteiger partial charge on any atom is 0.176 e. The van der Waals surface area contributed by atoms with E-state index >= 15 is 0 Å². The molecule has 0 aromatic carbocycles. The van der Waals surface area contributed by atoms with Crippen LogP contribution < -0.4 is 17.0 Å². The van der Waals surface area contributed by atoms with E-state index in [4.69, 9.17) is 21.8 Å². The maximum atomic E-state index is 9.08. The molecule has 6 heteroatoms. The fourth-order valence-electron chi connectivity index (χ4n) is 0.880. The van der Waals surface area contributed by atoms with Crippen LogP contribution in [0.1, 0.15) is 0 Å². The molecule has 6 nitrogen and oxygen atoms in total. The van der Waals surface area contributed by atoms with Crippen LogP contribution in [0, 0.1) is 0 Å². The first-order chi connectivity index (χ1) is 4.66. The van der Waals surface area contributed by atoms with E-state index in [1.54, 1.807) is 0 Å². The summed E-state index contributed by atoms with van der Waals surface area (Å²) >= 11 is 0. The van der Waals surface area contributed by atoms with Crippen molar-refractivity contribution in [2.24, 2.45) is 11.6 Å². The number of hydrogen-bond donors (Lipinski definition) is 5. The lowest BCUT2D eigenvalue weighted by Gasteiger charge is -2.13. The summed E-state index contributed by atoms with van der Waals surface area (Å²) in [6.07, 6.45) is -2.95. The summed E-state index contributed by atoms with van der Waals surface area (Å²) in [5.41, 5.74) is 7.40. The van der Waals surface area contributed by atoms with Crippen molar-refractivity contribution >= 4 is 0 Å². The zero-order valence-electron chi connectivity index (χ0n) is 5.27. The summed E-state index contributed by atoms with van der Waals surface area (Å²) in [6.45, 7) is 0. The van der Waals surface area contributed by atoms with Crippen molar-refractivity contribution in [3.05, 3.63) is 0 Å². The Kier molecular flexibility index (Phi) is 2.19. The van der Waals surface area contributed by atoms with Gasteiger partial charge in [-0.1, -0.05) is 0 Å². The molecule has 1 fully saturated rings. The van der Waals surface area contributed by atoms with Crippen LogP contribution in [0.4, 0.5) is 0 Å². The van der Waals surface area contributed by atoms with Crippen molar-refractivity contribution in [2.45, 2.75) is 24.7 Å². The Morgan fingerprint density at radius 3 is 2.20 bits per heavy atom. The molecule has 0 radical (unpaired) electrons. The van der Waals surface area contributed by atoms with E-state index in [2.05, 4.69) is 10.2 Å². The number of hydrazine groups is 1. The first-order valence-electron chi connectivity index (χ1n) is 2.90. The lowest BCUT2D eigenvalue weighted by Crippen LogP contribution is -2.49. The van der Waals surface area contributed by atoms with E-state index in [1.165, 1.54) is 0 Å². The third-order valence-corrected chi connectivity index (χ3v) is 1.50. The second-order valence-electron chi connectivity index (χ2n) is 2.17. The molecule has 1 heterocycles. The highest BCUT2D eigenvalue weighted by Gasteiger charge is 2.40. The lowest BCUT2D eigenvalue weighted by atomic mass is 10.2. The van der Waals surface area contributed by atoms with Crippen molar-refractivity contribution in [1.82, 2.24) is 5.43 Å². The molecule has 4 atom stereocenters. The van der Waals surface area contributed by atoms with Gasteiger partial charge < -0.3 is 20.7 Å². The molecule has 1 aliphatic heterocycles. The summed E-state index contributed by atoms with van der Waals surface area (Å²) in [5, 5.41) is 18.0. The van der Waals surface area contributed by atoms with E-state index in [9.17, 15) is 0 Å². The van der Waals surface area contributed by atoms with Gasteiger partial charge in [0.25, 0.3) is 0 Å². The molecule has 0 aromatic heterocycles. The number of nitrogens with one attached hydrogen (secondary N) is 1. The van der Waals surface area contributed by atoms with E-state index in [0.717, 1.165) is 0 Å². The summed E-state index contributed by atoms with van der Waals surface area (Å²) in [5.74, 6) is 4.97. The van der Waals surface area contributed by atoms with Crippen LogP contribution in [0.3, 0.4) is 0 Å². The molecule has 0 aromatic rings. The Morgan fingerprint density at radius 2 is 2.00 bits per heavy atom. The molecule has 4 unspecified atom stereocenters. The second-order valence-corrected chi connectivity index (χ2v) is 2.17. The van der Waals surface area contributed by atoms with Gasteiger partial charge >= 0.3 is 0 Å². The molecule has 0 spiro atoms. The minimum atomic E-state index is -1.13. The Labute approximate surface area is 57.7 Å². The van der Waals surface area contributed by atoms with E-state index in [-0.39, 0.29) is 0 Å². The van der Waals surface area contributed by atoms with Gasteiger partial charge in [-0.05, 0) is 0 Å². The third kappa shape index (κ3) is 1.12. The standard InChI is InChI=1S/C4H11N3O3/c5-3-2(8)1(7-6)4(9)10-3/h1-4,7-9H,5-6H2. The molecule has 0 saturated carbocycles. The van der Waals surface area contributed by atoms with Gasteiger partial charge in [0.1, 0.15) is 18.4 Å². The number of nitrogens with two attached hydrogens (primary N) is 2. The molecule has 0 aliphatic carbocycles. The van der Waals surface area contributed by atoms with Crippen LogP contribution in [0.5, 0.6) is 0 Å². The average Bonchev–Trinajstić information content (AvgIpc) is 2.09. The van der Waals surface area contributed by atoms with Gasteiger partial charge in [-0.25, -0.2) is 5.43 Å². The van der Waals surface area contributed by atoms with Gasteiger partial charge in [0, 0.05) is 0 Å². The number of aliphatic hydroxyl groups is 2. The van der Waals surface area contributed by atoms with Crippen molar-refractivity contribution in [1.29, 1.82) is 0 Å². The summed E-state index contributed by atoms with van der Waals surface area (Å²) in [6, 6.07) is -0.699. The number of rotatable bonds is 1. The van der Waals surface area contributed by atoms with Gasteiger partial charge in [-0.15, -0.1) is 0 Å². The molecule has 0 amide bonds. The van der Waals surface area contributed by atoms with Crippen molar-refractivity contribution in [2.75, 3.05) is 0 Å². The highest BCUT2D eigenvalue weighted by atomic mass is 16.6. The van der Waals surface area contributed by atoms with Crippen LogP contribution in [-0.2, 0) is 4.74 Å².